The van der Waals surface area contributed by atoms with Crippen LogP contribution in [-0.4, -0.2) is 18.6 Å². The number of hydrogen-bond acceptors (Lipinski definition) is 3. The third-order valence-electron chi connectivity index (χ3n) is 2.78. The lowest BCUT2D eigenvalue weighted by atomic mass is 10.2. The average molecular weight is 221 g/mol. The quantitative estimate of drug-likeness (QED) is 0.751. The molecule has 0 aliphatic carbocycles. The molecule has 0 radical (unpaired) electrons. The largest absolute Gasteiger partial charge is 0.373 e. The Hall–Kier alpha value is -1.09. The van der Waals surface area contributed by atoms with Crippen molar-refractivity contribution in [2.24, 2.45) is 5.73 Å². The van der Waals surface area contributed by atoms with Crippen molar-refractivity contribution < 1.29 is 0 Å². The van der Waals surface area contributed by atoms with Crippen LogP contribution >= 0.6 is 0 Å². The minimum atomic E-state index is 0.0134. The summed E-state index contributed by atoms with van der Waals surface area (Å²) in [6, 6.07) is 4.12. The molecule has 1 heterocycles. The number of rotatable bonds is 6. The number of nitrogens with two attached hydrogens (primary N) is 1. The first-order chi connectivity index (χ1) is 7.65. The molecule has 1 atom stereocenters. The predicted molar refractivity (Wildman–Crippen MR) is 69.6 cm³/mol. The summed E-state index contributed by atoms with van der Waals surface area (Å²) >= 11 is 0. The fourth-order valence-electron chi connectivity index (χ4n) is 1.62. The third kappa shape index (κ3) is 3.81. The van der Waals surface area contributed by atoms with Gasteiger partial charge in [-0.2, -0.15) is 0 Å². The molecule has 0 bridgehead atoms. The highest BCUT2D eigenvalue weighted by Crippen LogP contribution is 2.14. The standard InChI is InChI=1S/C13H23N3/c1-4-5-6-9-16(3)12-7-8-13(11(2)14)15-10-12/h7-8,10-11H,4-6,9,14H2,1-3H3/t11-/m1/s1. The monoisotopic (exact) mass is 221 g/mol. The molecule has 0 saturated carbocycles. The predicted octanol–water partition coefficient (Wildman–Crippen LogP) is 2.73. The second-order valence-corrected chi connectivity index (χ2v) is 4.36. The Kier molecular flexibility index (Phi) is 5.26. The second kappa shape index (κ2) is 6.48. The first-order valence-corrected chi connectivity index (χ1v) is 6.07. The fourth-order valence-corrected chi connectivity index (χ4v) is 1.62. The highest BCUT2D eigenvalue weighted by Gasteiger charge is 2.03. The molecule has 16 heavy (non-hydrogen) atoms. The van der Waals surface area contributed by atoms with Gasteiger partial charge in [0.15, 0.2) is 0 Å². The molecule has 0 saturated heterocycles. The Morgan fingerprint density at radius 3 is 2.62 bits per heavy atom. The minimum Gasteiger partial charge on any atom is -0.373 e. The molecule has 3 heteroatoms. The van der Waals surface area contributed by atoms with Crippen molar-refractivity contribution >= 4 is 5.69 Å². The van der Waals surface area contributed by atoms with E-state index < -0.39 is 0 Å². The highest BCUT2D eigenvalue weighted by atomic mass is 15.1. The molecule has 0 aliphatic heterocycles. The maximum absolute atomic E-state index is 5.76. The molecule has 3 nitrogen and oxygen atoms in total. The van der Waals surface area contributed by atoms with Crippen molar-refractivity contribution in [1.82, 2.24) is 4.98 Å². The molecule has 1 aromatic rings. The molecule has 90 valence electrons. The summed E-state index contributed by atoms with van der Waals surface area (Å²) in [7, 11) is 2.11. The maximum Gasteiger partial charge on any atom is 0.0569 e. The fraction of sp³-hybridized carbons (Fsp3) is 0.615. The van der Waals surface area contributed by atoms with Crippen molar-refractivity contribution in [2.45, 2.75) is 39.2 Å². The van der Waals surface area contributed by atoms with E-state index in [1.807, 2.05) is 19.2 Å². The second-order valence-electron chi connectivity index (χ2n) is 4.36. The molecule has 0 unspecified atom stereocenters. The molecule has 1 aromatic heterocycles. The summed E-state index contributed by atoms with van der Waals surface area (Å²) in [5.74, 6) is 0. The van der Waals surface area contributed by atoms with Crippen molar-refractivity contribution in [3.63, 3.8) is 0 Å². The number of anilines is 1. The minimum absolute atomic E-state index is 0.0134. The van der Waals surface area contributed by atoms with E-state index in [9.17, 15) is 0 Å². The zero-order chi connectivity index (χ0) is 12.0. The van der Waals surface area contributed by atoms with Gasteiger partial charge in [-0.05, 0) is 25.5 Å². The highest BCUT2D eigenvalue weighted by molar-refractivity contribution is 5.43. The molecule has 0 aromatic carbocycles. The Labute approximate surface area is 98.7 Å². The number of nitrogens with zero attached hydrogens (tertiary/aromatic N) is 2. The van der Waals surface area contributed by atoms with E-state index in [-0.39, 0.29) is 6.04 Å². The molecule has 0 fully saturated rings. The van der Waals surface area contributed by atoms with Gasteiger partial charge in [0, 0.05) is 19.6 Å². The lowest BCUT2D eigenvalue weighted by Gasteiger charge is -2.19. The van der Waals surface area contributed by atoms with E-state index in [2.05, 4.69) is 29.9 Å². The van der Waals surface area contributed by atoms with Crippen LogP contribution in [0.25, 0.3) is 0 Å². The molecule has 0 spiro atoms. The summed E-state index contributed by atoms with van der Waals surface area (Å²) in [6.07, 6.45) is 5.69. The summed E-state index contributed by atoms with van der Waals surface area (Å²) < 4.78 is 0. The van der Waals surface area contributed by atoms with Crippen molar-refractivity contribution in [3.8, 4) is 0 Å². The Balaban J connectivity index is 2.52. The van der Waals surface area contributed by atoms with Crippen LogP contribution < -0.4 is 10.6 Å². The van der Waals surface area contributed by atoms with Crippen molar-refractivity contribution in [2.75, 3.05) is 18.5 Å². The van der Waals surface area contributed by atoms with Crippen LogP contribution in [0.1, 0.15) is 44.8 Å². The van der Waals surface area contributed by atoms with Crippen LogP contribution in [0.15, 0.2) is 18.3 Å². The number of aromatic nitrogens is 1. The van der Waals surface area contributed by atoms with Gasteiger partial charge >= 0.3 is 0 Å². The molecular weight excluding hydrogens is 198 g/mol. The molecule has 0 aliphatic rings. The van der Waals surface area contributed by atoms with E-state index in [0.29, 0.717) is 0 Å². The van der Waals surface area contributed by atoms with Gasteiger partial charge < -0.3 is 10.6 Å². The molecule has 2 N–H and O–H groups in total. The van der Waals surface area contributed by atoms with Crippen molar-refractivity contribution in [1.29, 1.82) is 0 Å². The van der Waals surface area contributed by atoms with E-state index in [1.54, 1.807) is 0 Å². The first kappa shape index (κ1) is 13.0. The Morgan fingerprint density at radius 1 is 1.38 bits per heavy atom. The Bertz CT molecular complexity index is 293. The van der Waals surface area contributed by atoms with E-state index >= 15 is 0 Å². The topological polar surface area (TPSA) is 42.1 Å². The van der Waals surface area contributed by atoms with Gasteiger partial charge in [-0.15, -0.1) is 0 Å². The van der Waals surface area contributed by atoms with Crippen LogP contribution in [0.3, 0.4) is 0 Å². The van der Waals surface area contributed by atoms with Gasteiger partial charge in [-0.25, -0.2) is 0 Å². The smallest absolute Gasteiger partial charge is 0.0569 e. The SMILES string of the molecule is CCCCCN(C)c1ccc([C@@H](C)N)nc1. The zero-order valence-electron chi connectivity index (χ0n) is 10.6. The molecule has 1 rings (SSSR count). The summed E-state index contributed by atoms with van der Waals surface area (Å²) in [5, 5.41) is 0. The van der Waals surface area contributed by atoms with Gasteiger partial charge in [-0.1, -0.05) is 19.8 Å². The summed E-state index contributed by atoms with van der Waals surface area (Å²) in [4.78, 5) is 6.60. The van der Waals surface area contributed by atoms with Gasteiger partial charge in [0.25, 0.3) is 0 Å². The van der Waals surface area contributed by atoms with Gasteiger partial charge in [0.1, 0.15) is 0 Å². The van der Waals surface area contributed by atoms with E-state index in [0.717, 1.165) is 12.2 Å². The van der Waals surface area contributed by atoms with E-state index in [4.69, 9.17) is 5.73 Å². The Morgan fingerprint density at radius 2 is 2.12 bits per heavy atom. The van der Waals surface area contributed by atoms with Gasteiger partial charge in [0.2, 0.25) is 0 Å². The lowest BCUT2D eigenvalue weighted by Crippen LogP contribution is -2.19. The lowest BCUT2D eigenvalue weighted by molar-refractivity contribution is 0.703. The number of unbranched alkanes of at least 4 members (excludes halogenated alkanes) is 2. The molecular formula is C13H23N3. The first-order valence-electron chi connectivity index (χ1n) is 6.07. The van der Waals surface area contributed by atoms with Crippen LogP contribution in [0.5, 0.6) is 0 Å². The van der Waals surface area contributed by atoms with Crippen molar-refractivity contribution in [3.05, 3.63) is 24.0 Å². The van der Waals surface area contributed by atoms with Crippen LogP contribution in [0, 0.1) is 0 Å². The third-order valence-corrected chi connectivity index (χ3v) is 2.78. The molecule has 0 amide bonds. The summed E-state index contributed by atoms with van der Waals surface area (Å²) in [6.45, 7) is 5.26. The number of hydrogen-bond donors (Lipinski definition) is 1. The summed E-state index contributed by atoms with van der Waals surface area (Å²) in [5.41, 5.74) is 7.88. The zero-order valence-corrected chi connectivity index (χ0v) is 10.6. The van der Waals surface area contributed by atoms with Crippen LogP contribution in [0.2, 0.25) is 0 Å². The van der Waals surface area contributed by atoms with Gasteiger partial charge in [0.05, 0.1) is 17.6 Å². The van der Waals surface area contributed by atoms with E-state index in [1.165, 1.54) is 24.9 Å². The van der Waals surface area contributed by atoms with Gasteiger partial charge in [-0.3, -0.25) is 4.98 Å². The van der Waals surface area contributed by atoms with Crippen LogP contribution in [-0.2, 0) is 0 Å². The normalized spacial score (nSPS) is 12.5. The van der Waals surface area contributed by atoms with Crippen LogP contribution in [0.4, 0.5) is 5.69 Å². The maximum atomic E-state index is 5.76. The average Bonchev–Trinajstić information content (AvgIpc) is 2.29. The number of pyridine rings is 1.